The molecule has 2 rings (SSSR count). The highest BCUT2D eigenvalue weighted by molar-refractivity contribution is 6.02. The van der Waals surface area contributed by atoms with Crippen LogP contribution in [0.3, 0.4) is 0 Å². The highest BCUT2D eigenvalue weighted by atomic mass is 16.4. The van der Waals surface area contributed by atoms with E-state index in [-0.39, 0.29) is 5.84 Å². The summed E-state index contributed by atoms with van der Waals surface area (Å²) in [4.78, 5) is 2.34. The molecular formula is C14H21N3O. The van der Waals surface area contributed by atoms with Crippen LogP contribution in [0.25, 0.3) is 0 Å². The zero-order valence-electron chi connectivity index (χ0n) is 11.1. The summed E-state index contributed by atoms with van der Waals surface area (Å²) in [6.07, 6.45) is 2.43. The molecule has 3 N–H and O–H groups in total. The van der Waals surface area contributed by atoms with Gasteiger partial charge in [-0.2, -0.15) is 0 Å². The normalized spacial score (nSPS) is 20.4. The van der Waals surface area contributed by atoms with Gasteiger partial charge >= 0.3 is 0 Å². The average molecular weight is 247 g/mol. The van der Waals surface area contributed by atoms with E-state index in [1.807, 2.05) is 12.1 Å². The van der Waals surface area contributed by atoms with Crippen molar-refractivity contribution in [2.75, 3.05) is 18.0 Å². The van der Waals surface area contributed by atoms with Crippen molar-refractivity contribution in [2.45, 2.75) is 26.7 Å². The molecule has 0 aromatic heterocycles. The fraction of sp³-hybridized carbons (Fsp3) is 0.500. The van der Waals surface area contributed by atoms with Gasteiger partial charge < -0.3 is 15.8 Å². The van der Waals surface area contributed by atoms with E-state index in [1.54, 1.807) is 0 Å². The van der Waals surface area contributed by atoms with Crippen LogP contribution in [-0.4, -0.2) is 24.1 Å². The molecule has 0 spiro atoms. The molecule has 4 heteroatoms. The van der Waals surface area contributed by atoms with E-state index in [2.05, 4.69) is 30.0 Å². The summed E-state index contributed by atoms with van der Waals surface area (Å²) in [5.41, 5.74) is 8.85. The Morgan fingerprint density at radius 1 is 1.56 bits per heavy atom. The lowest BCUT2D eigenvalue weighted by Crippen LogP contribution is -2.24. The van der Waals surface area contributed by atoms with Gasteiger partial charge in [0.1, 0.15) is 0 Å². The van der Waals surface area contributed by atoms with E-state index in [4.69, 9.17) is 10.9 Å². The van der Waals surface area contributed by atoms with Crippen molar-refractivity contribution < 1.29 is 5.21 Å². The highest BCUT2D eigenvalue weighted by Gasteiger charge is 2.23. The monoisotopic (exact) mass is 247 g/mol. The van der Waals surface area contributed by atoms with Gasteiger partial charge in [-0.25, -0.2) is 0 Å². The van der Waals surface area contributed by atoms with Gasteiger partial charge in [0.15, 0.2) is 5.84 Å². The third-order valence-electron chi connectivity index (χ3n) is 3.74. The van der Waals surface area contributed by atoms with Gasteiger partial charge in [0.2, 0.25) is 0 Å². The molecule has 1 aromatic carbocycles. The maximum Gasteiger partial charge on any atom is 0.172 e. The summed E-state index contributed by atoms with van der Waals surface area (Å²) in [5.74, 6) is 0.940. The van der Waals surface area contributed by atoms with Crippen molar-refractivity contribution in [1.82, 2.24) is 0 Å². The van der Waals surface area contributed by atoms with Crippen LogP contribution >= 0.6 is 0 Å². The molecule has 0 aliphatic carbocycles. The summed E-state index contributed by atoms with van der Waals surface area (Å²) in [6, 6.07) is 6.04. The minimum atomic E-state index is 0.185. The zero-order chi connectivity index (χ0) is 13.1. The van der Waals surface area contributed by atoms with Crippen LogP contribution in [0.2, 0.25) is 0 Å². The Kier molecular flexibility index (Phi) is 3.75. The van der Waals surface area contributed by atoms with Crippen molar-refractivity contribution in [3.05, 3.63) is 29.3 Å². The van der Waals surface area contributed by atoms with E-state index in [1.165, 1.54) is 18.4 Å². The van der Waals surface area contributed by atoms with Gasteiger partial charge in [0, 0.05) is 24.3 Å². The van der Waals surface area contributed by atoms with Crippen LogP contribution in [0.15, 0.2) is 23.4 Å². The molecular weight excluding hydrogens is 226 g/mol. The van der Waals surface area contributed by atoms with E-state index in [0.717, 1.165) is 30.3 Å². The lowest BCUT2D eigenvalue weighted by atomic mass is 10.1. The summed E-state index contributed by atoms with van der Waals surface area (Å²) in [5, 5.41) is 12.0. The van der Waals surface area contributed by atoms with E-state index in [0.29, 0.717) is 0 Å². The molecule has 0 radical (unpaired) electrons. The first kappa shape index (κ1) is 12.7. The summed E-state index contributed by atoms with van der Waals surface area (Å²) < 4.78 is 0. The number of benzene rings is 1. The number of anilines is 1. The number of hydrogen-bond donors (Lipinski definition) is 2. The SMILES string of the molecule is CCC1CCN(c2cc(C)ccc2/C(N)=N/O)C1. The lowest BCUT2D eigenvalue weighted by molar-refractivity contribution is 0.318. The van der Waals surface area contributed by atoms with Crippen LogP contribution < -0.4 is 10.6 Å². The highest BCUT2D eigenvalue weighted by Crippen LogP contribution is 2.29. The Balaban J connectivity index is 2.34. The van der Waals surface area contributed by atoms with Crippen LogP contribution in [0.5, 0.6) is 0 Å². The van der Waals surface area contributed by atoms with Gasteiger partial charge in [0.05, 0.1) is 0 Å². The maximum atomic E-state index is 8.87. The molecule has 1 aliphatic heterocycles. The second-order valence-electron chi connectivity index (χ2n) is 5.01. The van der Waals surface area contributed by atoms with Crippen LogP contribution in [0, 0.1) is 12.8 Å². The van der Waals surface area contributed by atoms with Gasteiger partial charge in [-0.3, -0.25) is 0 Å². The molecule has 1 aromatic rings. The number of aryl methyl sites for hydroxylation is 1. The molecule has 1 heterocycles. The third kappa shape index (κ3) is 2.42. The second-order valence-corrected chi connectivity index (χ2v) is 5.01. The molecule has 1 fully saturated rings. The number of amidine groups is 1. The topological polar surface area (TPSA) is 61.8 Å². The Morgan fingerprint density at radius 3 is 2.94 bits per heavy atom. The molecule has 1 unspecified atom stereocenters. The summed E-state index contributed by atoms with van der Waals surface area (Å²) in [7, 11) is 0. The Bertz CT molecular complexity index is 456. The van der Waals surface area contributed by atoms with E-state index in [9.17, 15) is 0 Å². The van der Waals surface area contributed by atoms with Gasteiger partial charge in [-0.15, -0.1) is 0 Å². The van der Waals surface area contributed by atoms with E-state index < -0.39 is 0 Å². The summed E-state index contributed by atoms with van der Waals surface area (Å²) >= 11 is 0. The third-order valence-corrected chi connectivity index (χ3v) is 3.74. The second kappa shape index (κ2) is 5.29. The number of oxime groups is 1. The Morgan fingerprint density at radius 2 is 2.33 bits per heavy atom. The zero-order valence-corrected chi connectivity index (χ0v) is 11.1. The first-order valence-electron chi connectivity index (χ1n) is 6.49. The van der Waals surface area contributed by atoms with E-state index >= 15 is 0 Å². The van der Waals surface area contributed by atoms with Crippen molar-refractivity contribution in [1.29, 1.82) is 0 Å². The number of nitrogens with two attached hydrogens (primary N) is 1. The van der Waals surface area contributed by atoms with Crippen LogP contribution in [-0.2, 0) is 0 Å². The number of rotatable bonds is 3. The average Bonchev–Trinajstić information content (AvgIpc) is 2.86. The Hall–Kier alpha value is -1.71. The first-order valence-corrected chi connectivity index (χ1v) is 6.49. The smallest absolute Gasteiger partial charge is 0.172 e. The first-order chi connectivity index (χ1) is 8.65. The van der Waals surface area contributed by atoms with Gasteiger partial charge in [0.25, 0.3) is 0 Å². The number of nitrogens with zero attached hydrogens (tertiary/aromatic N) is 2. The molecule has 98 valence electrons. The largest absolute Gasteiger partial charge is 0.409 e. The molecule has 4 nitrogen and oxygen atoms in total. The predicted octanol–water partition coefficient (Wildman–Crippen LogP) is 2.33. The van der Waals surface area contributed by atoms with Crippen molar-refractivity contribution in [3.63, 3.8) is 0 Å². The standard InChI is InChI=1S/C14H21N3O/c1-3-11-6-7-17(9-11)13-8-10(2)4-5-12(13)14(15)16-18/h4-5,8,11,18H,3,6-7,9H2,1-2H3,(H2,15,16). The Labute approximate surface area is 108 Å². The van der Waals surface area contributed by atoms with Crippen molar-refractivity contribution >= 4 is 11.5 Å². The van der Waals surface area contributed by atoms with Crippen LogP contribution in [0.1, 0.15) is 30.9 Å². The molecule has 1 atom stereocenters. The lowest BCUT2D eigenvalue weighted by Gasteiger charge is -2.22. The molecule has 18 heavy (non-hydrogen) atoms. The minimum Gasteiger partial charge on any atom is -0.409 e. The predicted molar refractivity (Wildman–Crippen MR) is 74.3 cm³/mol. The van der Waals surface area contributed by atoms with Gasteiger partial charge in [-0.1, -0.05) is 24.6 Å². The maximum absolute atomic E-state index is 8.87. The van der Waals surface area contributed by atoms with Gasteiger partial charge in [-0.05, 0) is 37.0 Å². The molecule has 0 bridgehead atoms. The molecule has 0 amide bonds. The van der Waals surface area contributed by atoms with Crippen LogP contribution in [0.4, 0.5) is 5.69 Å². The van der Waals surface area contributed by atoms with Crippen molar-refractivity contribution in [3.8, 4) is 0 Å². The van der Waals surface area contributed by atoms with Crippen molar-refractivity contribution in [2.24, 2.45) is 16.8 Å². The number of hydrogen-bond acceptors (Lipinski definition) is 3. The quantitative estimate of drug-likeness (QED) is 0.373. The fourth-order valence-corrected chi connectivity index (χ4v) is 2.56. The molecule has 1 aliphatic rings. The summed E-state index contributed by atoms with van der Waals surface area (Å²) in [6.45, 7) is 6.40. The minimum absolute atomic E-state index is 0.185. The fourth-order valence-electron chi connectivity index (χ4n) is 2.56. The molecule has 0 saturated carbocycles. The molecule has 1 saturated heterocycles.